The number of sulfonamides is 1. The summed E-state index contributed by atoms with van der Waals surface area (Å²) in [4.78, 5) is 17.8. The van der Waals surface area contributed by atoms with Crippen molar-refractivity contribution in [3.8, 4) is 0 Å². The van der Waals surface area contributed by atoms with Crippen LogP contribution in [0.2, 0.25) is 0 Å². The van der Waals surface area contributed by atoms with Crippen LogP contribution in [0.4, 0.5) is 0 Å². The smallest absolute Gasteiger partial charge is 0.279 e. The SMILES string of the molecule is Cc1ccc2sc(=NC(=O)c3ccc(S(=O)(=O)N(C)CC4CCCO4)cc3)n(C)c2c1C. The van der Waals surface area contributed by atoms with Gasteiger partial charge in [0.25, 0.3) is 5.91 Å². The van der Waals surface area contributed by atoms with E-state index >= 15 is 0 Å². The Hall–Kier alpha value is -2.33. The highest BCUT2D eigenvalue weighted by Crippen LogP contribution is 2.23. The van der Waals surface area contributed by atoms with E-state index in [0.29, 0.717) is 23.5 Å². The van der Waals surface area contributed by atoms with Gasteiger partial charge in [-0.1, -0.05) is 17.4 Å². The second kappa shape index (κ2) is 8.90. The van der Waals surface area contributed by atoms with Crippen molar-refractivity contribution in [3.05, 3.63) is 57.9 Å². The molecule has 0 spiro atoms. The van der Waals surface area contributed by atoms with E-state index in [1.54, 1.807) is 7.05 Å². The molecule has 3 aromatic rings. The van der Waals surface area contributed by atoms with Crippen molar-refractivity contribution in [1.29, 1.82) is 0 Å². The van der Waals surface area contributed by atoms with Gasteiger partial charge in [0.2, 0.25) is 10.0 Å². The molecule has 0 radical (unpaired) electrons. The molecule has 7 nitrogen and oxygen atoms in total. The van der Waals surface area contributed by atoms with E-state index in [4.69, 9.17) is 4.74 Å². The standard InChI is InChI=1S/C23H27N3O4S2/c1-15-7-12-20-21(16(15)2)26(4)23(31-20)24-22(27)17-8-10-19(11-9-17)32(28,29)25(3)14-18-6-5-13-30-18/h7-12,18H,5-6,13-14H2,1-4H3. The lowest BCUT2D eigenvalue weighted by atomic mass is 10.1. The molecule has 9 heteroatoms. The Labute approximate surface area is 192 Å². The van der Waals surface area contributed by atoms with Crippen LogP contribution in [0, 0.1) is 13.8 Å². The van der Waals surface area contributed by atoms with E-state index in [1.165, 1.54) is 45.5 Å². The normalized spacial score (nSPS) is 17.5. The van der Waals surface area contributed by atoms with Crippen LogP contribution in [0.15, 0.2) is 46.3 Å². The molecule has 1 atom stereocenters. The van der Waals surface area contributed by atoms with Crippen LogP contribution in [0.5, 0.6) is 0 Å². The molecule has 170 valence electrons. The molecule has 4 rings (SSSR count). The third-order valence-corrected chi connectivity index (χ3v) is 8.91. The van der Waals surface area contributed by atoms with Gasteiger partial charge in [-0.15, -0.1) is 0 Å². The Balaban J connectivity index is 1.58. The number of fused-ring (bicyclic) bond motifs is 1. The van der Waals surface area contributed by atoms with Gasteiger partial charge in [-0.2, -0.15) is 9.30 Å². The molecule has 0 N–H and O–H groups in total. The maximum absolute atomic E-state index is 12.9. The van der Waals surface area contributed by atoms with Crippen molar-refractivity contribution in [2.24, 2.45) is 12.0 Å². The predicted molar refractivity (Wildman–Crippen MR) is 125 cm³/mol. The molecule has 1 aromatic heterocycles. The van der Waals surface area contributed by atoms with Crippen LogP contribution in [0.1, 0.15) is 34.3 Å². The summed E-state index contributed by atoms with van der Waals surface area (Å²) in [5, 5.41) is 0. The fraction of sp³-hybridized carbons (Fsp3) is 0.391. The van der Waals surface area contributed by atoms with Crippen molar-refractivity contribution in [3.63, 3.8) is 0 Å². The first-order valence-electron chi connectivity index (χ1n) is 10.5. The topological polar surface area (TPSA) is 81.0 Å². The maximum atomic E-state index is 12.9. The average Bonchev–Trinajstić information content (AvgIpc) is 3.39. The number of amides is 1. The summed E-state index contributed by atoms with van der Waals surface area (Å²) in [5.41, 5.74) is 3.76. The van der Waals surface area contributed by atoms with Gasteiger partial charge in [-0.25, -0.2) is 8.42 Å². The first-order valence-corrected chi connectivity index (χ1v) is 12.8. The van der Waals surface area contributed by atoms with Crippen molar-refractivity contribution in [2.75, 3.05) is 20.2 Å². The Bertz CT molecular complexity index is 1330. The quantitative estimate of drug-likeness (QED) is 0.569. The van der Waals surface area contributed by atoms with Gasteiger partial charge < -0.3 is 9.30 Å². The van der Waals surface area contributed by atoms with Crippen molar-refractivity contribution in [1.82, 2.24) is 8.87 Å². The Kier molecular flexibility index (Phi) is 6.35. The van der Waals surface area contributed by atoms with Crippen LogP contribution in [-0.4, -0.2) is 49.5 Å². The highest BCUT2D eigenvalue weighted by atomic mass is 32.2. The fourth-order valence-electron chi connectivity index (χ4n) is 3.91. The second-order valence-corrected chi connectivity index (χ2v) is 11.2. The molecule has 0 bridgehead atoms. The summed E-state index contributed by atoms with van der Waals surface area (Å²) < 4.78 is 35.6. The number of hydrogen-bond acceptors (Lipinski definition) is 5. The largest absolute Gasteiger partial charge is 0.377 e. The molecule has 1 unspecified atom stereocenters. The van der Waals surface area contributed by atoms with E-state index in [9.17, 15) is 13.2 Å². The predicted octanol–water partition coefficient (Wildman–Crippen LogP) is 3.40. The second-order valence-electron chi connectivity index (χ2n) is 8.16. The lowest BCUT2D eigenvalue weighted by molar-refractivity contribution is 0.0979. The zero-order valence-electron chi connectivity index (χ0n) is 18.7. The molecule has 0 aliphatic carbocycles. The monoisotopic (exact) mass is 473 g/mol. The zero-order valence-corrected chi connectivity index (χ0v) is 20.3. The van der Waals surface area contributed by atoms with Crippen LogP contribution < -0.4 is 4.80 Å². The Morgan fingerprint density at radius 2 is 1.94 bits per heavy atom. The van der Waals surface area contributed by atoms with E-state index in [-0.39, 0.29) is 11.0 Å². The third kappa shape index (κ3) is 4.30. The summed E-state index contributed by atoms with van der Waals surface area (Å²) in [6.07, 6.45) is 1.75. The third-order valence-electron chi connectivity index (χ3n) is 5.98. The minimum atomic E-state index is -3.65. The van der Waals surface area contributed by atoms with Crippen LogP contribution in [0.3, 0.4) is 0 Å². The van der Waals surface area contributed by atoms with Crippen LogP contribution in [0.25, 0.3) is 10.2 Å². The fourth-order valence-corrected chi connectivity index (χ4v) is 6.19. The average molecular weight is 474 g/mol. The summed E-state index contributed by atoms with van der Waals surface area (Å²) in [5.74, 6) is -0.404. The van der Waals surface area contributed by atoms with Gasteiger partial charge in [-0.05, 0) is 68.1 Å². The number of thiazole rings is 1. The van der Waals surface area contributed by atoms with Gasteiger partial charge in [0.1, 0.15) is 0 Å². The first kappa shape index (κ1) is 22.8. The number of aryl methyl sites for hydroxylation is 3. The van der Waals surface area contributed by atoms with Gasteiger partial charge >= 0.3 is 0 Å². The van der Waals surface area contributed by atoms with E-state index in [2.05, 4.69) is 24.9 Å². The molecule has 1 saturated heterocycles. The molecular formula is C23H27N3O4S2. The number of likely N-dealkylation sites (N-methyl/N-ethyl adjacent to an activating group) is 1. The maximum Gasteiger partial charge on any atom is 0.279 e. The molecule has 1 amide bonds. The molecule has 2 aromatic carbocycles. The van der Waals surface area contributed by atoms with Gasteiger partial charge in [0.05, 0.1) is 21.2 Å². The first-order chi connectivity index (χ1) is 15.2. The molecule has 1 fully saturated rings. The summed E-state index contributed by atoms with van der Waals surface area (Å²) in [7, 11) is -0.199. The van der Waals surface area contributed by atoms with E-state index in [1.807, 2.05) is 17.7 Å². The molecule has 2 heterocycles. The zero-order chi connectivity index (χ0) is 23.0. The van der Waals surface area contributed by atoms with E-state index in [0.717, 1.165) is 28.6 Å². The number of carbonyl (C=O) groups excluding carboxylic acids is 1. The molecule has 32 heavy (non-hydrogen) atoms. The number of hydrogen-bond donors (Lipinski definition) is 0. The number of benzene rings is 2. The Morgan fingerprint density at radius 1 is 1.22 bits per heavy atom. The molecule has 1 aliphatic rings. The van der Waals surface area contributed by atoms with Crippen molar-refractivity contribution >= 4 is 37.5 Å². The summed E-state index contributed by atoms with van der Waals surface area (Å²) in [6.45, 7) is 5.11. The number of aromatic nitrogens is 1. The summed E-state index contributed by atoms with van der Waals surface area (Å²) >= 11 is 1.46. The van der Waals surface area contributed by atoms with E-state index < -0.39 is 15.9 Å². The number of ether oxygens (including phenoxy) is 1. The van der Waals surface area contributed by atoms with Crippen molar-refractivity contribution < 1.29 is 17.9 Å². The lowest BCUT2D eigenvalue weighted by Crippen LogP contribution is -2.34. The minimum Gasteiger partial charge on any atom is -0.377 e. The van der Waals surface area contributed by atoms with Crippen LogP contribution >= 0.6 is 11.3 Å². The highest BCUT2D eigenvalue weighted by molar-refractivity contribution is 7.89. The molecule has 0 saturated carbocycles. The number of rotatable bonds is 5. The highest BCUT2D eigenvalue weighted by Gasteiger charge is 2.26. The van der Waals surface area contributed by atoms with Gasteiger partial charge in [-0.3, -0.25) is 4.79 Å². The van der Waals surface area contributed by atoms with Gasteiger partial charge in [0.15, 0.2) is 4.80 Å². The molecular weight excluding hydrogens is 446 g/mol. The number of carbonyl (C=O) groups is 1. The van der Waals surface area contributed by atoms with Crippen LogP contribution in [-0.2, 0) is 21.8 Å². The van der Waals surface area contributed by atoms with Gasteiger partial charge in [0, 0.05) is 32.8 Å². The van der Waals surface area contributed by atoms with Crippen molar-refractivity contribution in [2.45, 2.75) is 37.7 Å². The summed E-state index contributed by atoms with van der Waals surface area (Å²) in [6, 6.07) is 10.1. The lowest BCUT2D eigenvalue weighted by Gasteiger charge is -2.20. The Morgan fingerprint density at radius 3 is 2.59 bits per heavy atom. The molecule has 1 aliphatic heterocycles. The number of nitrogens with zero attached hydrogens (tertiary/aromatic N) is 3. The minimum absolute atomic E-state index is 0.0658.